The van der Waals surface area contributed by atoms with E-state index in [1.54, 1.807) is 0 Å². The van der Waals surface area contributed by atoms with Gasteiger partial charge in [0.15, 0.2) is 58.2 Å². The molecule has 3 aromatic heterocycles. The monoisotopic (exact) mass is 884 g/mol. The molecule has 8 aromatic rings. The van der Waals surface area contributed by atoms with Crippen LogP contribution in [-0.4, -0.2) is 19.5 Å². The molecule has 294 valence electrons. The average Bonchev–Trinajstić information content (AvgIpc) is 3.97. The molecule has 2 aliphatic heterocycles. The fraction of sp³-hybridized carbons (Fsp3) is 0. The molecule has 0 fully saturated rings. The Hall–Kier alpha value is -6.55. The number of nitrogens with zero attached hydrogens (tertiary/aromatic N) is 4. The van der Waals surface area contributed by atoms with Crippen molar-refractivity contribution in [2.75, 3.05) is 0 Å². The maximum atomic E-state index is 17.3. The minimum Gasteiger partial charge on any atom is -0.241 e. The van der Waals surface area contributed by atoms with E-state index in [0.717, 1.165) is 24.3 Å². The molecule has 18 heteroatoms. The van der Waals surface area contributed by atoms with Gasteiger partial charge in [-0.1, -0.05) is 81.8 Å². The van der Waals surface area contributed by atoms with Crippen molar-refractivity contribution >= 4 is 43.6 Å². The van der Waals surface area contributed by atoms with Gasteiger partial charge in [-0.3, -0.25) is 0 Å². The number of fused-ring (bicyclic) bond motifs is 20. The minimum atomic E-state index is -2.66. The van der Waals surface area contributed by atoms with Gasteiger partial charge in [0.05, 0.1) is 11.1 Å². The van der Waals surface area contributed by atoms with Gasteiger partial charge >= 0.3 is 0 Å². The van der Waals surface area contributed by atoms with Gasteiger partial charge in [0.25, 0.3) is 0 Å². The second-order valence-electron chi connectivity index (χ2n) is 13.4. The largest absolute Gasteiger partial charge is 0.241 e. The molecule has 5 heterocycles. The molecule has 0 radical (unpaired) electrons. The Bertz CT molecular complexity index is 3420. The van der Waals surface area contributed by atoms with Crippen molar-refractivity contribution in [2.45, 2.75) is 0 Å². The summed E-state index contributed by atoms with van der Waals surface area (Å²) in [7, 11) is 0. The molecule has 0 aliphatic carbocycles. The summed E-state index contributed by atoms with van der Waals surface area (Å²) in [4.78, 5) is 6.84. The molecule has 10 rings (SSSR count). The number of rotatable bonds is 1. The fourth-order valence-electron chi connectivity index (χ4n) is 7.79. The molecule has 0 atom stereocenters. The van der Waals surface area contributed by atoms with Crippen molar-refractivity contribution in [2.24, 2.45) is 0 Å². The van der Waals surface area contributed by atoms with Crippen LogP contribution in [0.25, 0.3) is 99.8 Å². The number of aromatic nitrogens is 4. The van der Waals surface area contributed by atoms with Crippen LogP contribution >= 0.6 is 0 Å². The normalized spacial score (nSPS) is 11.9. The van der Waals surface area contributed by atoms with Gasteiger partial charge in [0.2, 0.25) is 5.82 Å². The summed E-state index contributed by atoms with van der Waals surface area (Å²) in [5.41, 5.74) is -15.0. The van der Waals surface area contributed by atoms with E-state index in [9.17, 15) is 13.2 Å². The van der Waals surface area contributed by atoms with Gasteiger partial charge in [0, 0.05) is 63.3 Å². The predicted octanol–water partition coefficient (Wildman–Crippen LogP) is 12.9. The van der Waals surface area contributed by atoms with Crippen LogP contribution in [-0.2, 0) is 19.5 Å². The first-order valence-electron chi connectivity index (χ1n) is 17.0. The fourth-order valence-corrected chi connectivity index (χ4v) is 7.79. The van der Waals surface area contributed by atoms with E-state index in [1.807, 2.05) is 0 Å². The number of hydrogen-bond donors (Lipinski definition) is 0. The van der Waals surface area contributed by atoms with Crippen LogP contribution in [0, 0.1) is 64.0 Å². The first-order valence-corrected chi connectivity index (χ1v) is 17.0. The molecule has 60 heavy (non-hydrogen) atoms. The van der Waals surface area contributed by atoms with Crippen LogP contribution in [0.3, 0.4) is 0 Å². The number of benzene rings is 5. The summed E-state index contributed by atoms with van der Waals surface area (Å²) in [6, 6.07) is 15.3. The molecule has 0 unspecified atom stereocenters. The maximum absolute atomic E-state index is 17.3. The van der Waals surface area contributed by atoms with Crippen LogP contribution < -0.4 is 0 Å². The van der Waals surface area contributed by atoms with E-state index < -0.39 is 151 Å². The summed E-state index contributed by atoms with van der Waals surface area (Å²) in [5, 5.41) is -1.54. The number of hydrogen-bond acceptors (Lipinski definition) is 2. The predicted molar refractivity (Wildman–Crippen MR) is 190 cm³/mol. The van der Waals surface area contributed by atoms with Crippen LogP contribution in [0.15, 0.2) is 78.9 Å². The molecule has 0 saturated heterocycles. The topological polar surface area (TPSA) is 35.6 Å². The Balaban J connectivity index is 0.00000462. The summed E-state index contributed by atoms with van der Waals surface area (Å²) < 4.78 is 207. The van der Waals surface area contributed by atoms with Crippen molar-refractivity contribution in [1.82, 2.24) is 19.5 Å². The van der Waals surface area contributed by atoms with E-state index in [4.69, 9.17) is 0 Å². The smallest absolute Gasteiger partial charge is 0.200 e. The number of halogens is 13. The van der Waals surface area contributed by atoms with Crippen molar-refractivity contribution < 1.29 is 76.7 Å². The molecule has 0 amide bonds. The third kappa shape index (κ3) is 4.96. The SMILES string of the molecule is Fc1c(-c2c(F)c(F)c(F)c(F)c2F)cc2c(c1F)-c1nc-2c(F)c2c3ccccc3c(c(F)c3nc(c(F)c4c5ccccc5c(c1F)n4F)-c1ccccc1-3)n2F.[Zn]. The first kappa shape index (κ1) is 38.9. The zero-order chi connectivity index (χ0) is 41.5. The van der Waals surface area contributed by atoms with E-state index >= 15 is 44.1 Å². The Morgan fingerprint density at radius 1 is 0.317 bits per heavy atom. The molecule has 0 saturated carbocycles. The van der Waals surface area contributed by atoms with Crippen molar-refractivity contribution in [1.29, 1.82) is 0 Å². The van der Waals surface area contributed by atoms with Gasteiger partial charge in [-0.15, -0.1) is 0 Å². The Kier molecular flexibility index (Phi) is 8.76. The van der Waals surface area contributed by atoms with E-state index in [-0.39, 0.29) is 47.4 Å². The van der Waals surface area contributed by atoms with Gasteiger partial charge in [-0.25, -0.2) is 58.3 Å². The molecule has 4 nitrogen and oxygen atoms in total. The molecule has 0 N–H and O–H groups in total. The van der Waals surface area contributed by atoms with Crippen LogP contribution in [0.5, 0.6) is 0 Å². The standard InChI is InChI=1S/C42H13F13N4.Zn/c43-24-20(22-25(44)28(47)30(49)29(48)26(22)45)13-21-23(27(24)46)38-34(53)42-19-12-6-5-11-18(19)40(59(42)55)32(51)36-15-8-2-1-7-14(15)35(56-36)31(50)39-16-9-3-4-10-17(16)41(58(39)54)33(52)37(21)57-38;/h1-13H;. The third-order valence-electron chi connectivity index (χ3n) is 10.4. The molecule has 0 spiro atoms. The van der Waals surface area contributed by atoms with Crippen molar-refractivity contribution in [3.63, 3.8) is 0 Å². The first-order chi connectivity index (χ1) is 28.2. The Morgan fingerprint density at radius 2 is 0.633 bits per heavy atom. The minimum absolute atomic E-state index is 0. The van der Waals surface area contributed by atoms with Crippen LogP contribution in [0.4, 0.5) is 57.3 Å². The zero-order valence-corrected chi connectivity index (χ0v) is 32.4. The van der Waals surface area contributed by atoms with Gasteiger partial charge < -0.3 is 0 Å². The molecule has 5 aromatic carbocycles. The maximum Gasteiger partial charge on any atom is 0.200 e. The third-order valence-corrected chi connectivity index (χ3v) is 10.4. The van der Waals surface area contributed by atoms with Gasteiger partial charge in [0.1, 0.15) is 44.8 Å². The van der Waals surface area contributed by atoms with Crippen LogP contribution in [0.2, 0.25) is 0 Å². The summed E-state index contributed by atoms with van der Waals surface area (Å²) in [6.07, 6.45) is 0. The average molecular weight is 886 g/mol. The van der Waals surface area contributed by atoms with E-state index in [2.05, 4.69) is 9.97 Å². The zero-order valence-electron chi connectivity index (χ0n) is 29.4. The van der Waals surface area contributed by atoms with E-state index in [1.165, 1.54) is 48.5 Å². The molecule has 2 aliphatic rings. The molecular formula is C42H13F13N4Zn. The molecular weight excluding hydrogens is 873 g/mol. The van der Waals surface area contributed by atoms with Gasteiger partial charge in [-0.05, 0) is 6.07 Å². The molecule has 8 bridgehead atoms. The van der Waals surface area contributed by atoms with Crippen molar-refractivity contribution in [3.05, 3.63) is 143 Å². The quantitative estimate of drug-likeness (QED) is 0.0712. The van der Waals surface area contributed by atoms with E-state index in [0.29, 0.717) is 0 Å². The summed E-state index contributed by atoms with van der Waals surface area (Å²) >= 11 is 0. The second kappa shape index (κ2) is 13.5. The Labute approximate surface area is 338 Å². The van der Waals surface area contributed by atoms with Crippen LogP contribution in [0.1, 0.15) is 0 Å². The van der Waals surface area contributed by atoms with Crippen molar-refractivity contribution in [3.8, 4) is 56.2 Å². The van der Waals surface area contributed by atoms with Gasteiger partial charge in [-0.2, -0.15) is 9.58 Å². The second-order valence-corrected chi connectivity index (χ2v) is 13.4. The summed E-state index contributed by atoms with van der Waals surface area (Å²) in [6.45, 7) is 0. The Morgan fingerprint density at radius 3 is 1.05 bits per heavy atom. The summed E-state index contributed by atoms with van der Waals surface area (Å²) in [5.74, 6) is -24.5.